The molecule has 0 aliphatic heterocycles. The average molecular weight is 302 g/mol. The molecule has 2 heterocycles. The minimum Gasteiger partial charge on any atom is -0.361 e. The van der Waals surface area contributed by atoms with Crippen LogP contribution < -0.4 is 0 Å². The van der Waals surface area contributed by atoms with Crippen molar-refractivity contribution in [3.63, 3.8) is 0 Å². The van der Waals surface area contributed by atoms with Gasteiger partial charge >= 0.3 is 0 Å². The summed E-state index contributed by atoms with van der Waals surface area (Å²) < 4.78 is 0. The molecular formula is C21H22N2. The molecule has 0 aliphatic rings. The lowest BCUT2D eigenvalue weighted by molar-refractivity contribution is 0.361. The van der Waals surface area contributed by atoms with E-state index in [2.05, 4.69) is 91.7 Å². The maximum Gasteiger partial charge on any atom is 0.0457 e. The number of para-hydroxylation sites is 2. The van der Waals surface area contributed by atoms with Crippen molar-refractivity contribution in [3.05, 3.63) is 72.1 Å². The van der Waals surface area contributed by atoms with Crippen molar-refractivity contribution in [2.24, 2.45) is 5.41 Å². The lowest BCUT2D eigenvalue weighted by Crippen LogP contribution is -2.19. The fourth-order valence-corrected chi connectivity index (χ4v) is 3.77. The third kappa shape index (κ3) is 2.26. The van der Waals surface area contributed by atoms with Crippen LogP contribution in [0.5, 0.6) is 0 Å². The number of rotatable bonds is 2. The van der Waals surface area contributed by atoms with Crippen molar-refractivity contribution in [1.82, 2.24) is 9.97 Å². The second-order valence-electron chi connectivity index (χ2n) is 7.38. The highest BCUT2D eigenvalue weighted by Crippen LogP contribution is 2.45. The summed E-state index contributed by atoms with van der Waals surface area (Å²) in [6.45, 7) is 6.96. The first-order valence-corrected chi connectivity index (χ1v) is 8.18. The molecule has 0 saturated carbocycles. The van der Waals surface area contributed by atoms with Gasteiger partial charge in [0.15, 0.2) is 0 Å². The zero-order chi connectivity index (χ0) is 16.0. The molecule has 4 rings (SSSR count). The molecule has 0 spiro atoms. The summed E-state index contributed by atoms with van der Waals surface area (Å²) in [5.41, 5.74) is 5.28. The lowest BCUT2D eigenvalue weighted by Gasteiger charge is -2.31. The van der Waals surface area contributed by atoms with Gasteiger partial charge < -0.3 is 9.97 Å². The van der Waals surface area contributed by atoms with Crippen LogP contribution in [-0.2, 0) is 0 Å². The lowest BCUT2D eigenvalue weighted by atomic mass is 9.72. The second-order valence-corrected chi connectivity index (χ2v) is 7.38. The first-order chi connectivity index (χ1) is 11.1. The molecule has 0 aliphatic carbocycles. The molecule has 0 unspecified atom stereocenters. The van der Waals surface area contributed by atoms with Crippen LogP contribution in [0.15, 0.2) is 60.9 Å². The second kappa shape index (κ2) is 5.02. The van der Waals surface area contributed by atoms with E-state index in [1.165, 1.54) is 32.9 Å². The van der Waals surface area contributed by atoms with Crippen molar-refractivity contribution in [3.8, 4) is 0 Å². The van der Waals surface area contributed by atoms with Gasteiger partial charge in [-0.2, -0.15) is 0 Å². The van der Waals surface area contributed by atoms with Crippen LogP contribution in [0.25, 0.3) is 21.8 Å². The molecule has 2 heteroatoms. The number of H-pyrrole nitrogens is 2. The van der Waals surface area contributed by atoms with E-state index >= 15 is 0 Å². The number of aromatic nitrogens is 2. The first kappa shape index (κ1) is 14.1. The van der Waals surface area contributed by atoms with Gasteiger partial charge in [0, 0.05) is 40.1 Å². The molecule has 0 amide bonds. The predicted molar refractivity (Wildman–Crippen MR) is 97.9 cm³/mol. The van der Waals surface area contributed by atoms with Gasteiger partial charge in [-0.1, -0.05) is 57.2 Å². The number of hydrogen-bond acceptors (Lipinski definition) is 0. The average Bonchev–Trinajstić information content (AvgIpc) is 3.12. The molecule has 0 saturated heterocycles. The SMILES string of the molecule is CC(C)(C)C(c1c[nH]c2ccccc12)c1c[nH]c2ccccc12. The highest BCUT2D eigenvalue weighted by Gasteiger charge is 2.31. The fourth-order valence-electron chi connectivity index (χ4n) is 3.77. The summed E-state index contributed by atoms with van der Waals surface area (Å²) in [6, 6.07) is 17.1. The maximum atomic E-state index is 3.44. The Labute approximate surface area is 136 Å². The number of benzene rings is 2. The zero-order valence-corrected chi connectivity index (χ0v) is 13.9. The molecule has 2 aromatic carbocycles. The minimum atomic E-state index is 0.121. The van der Waals surface area contributed by atoms with Crippen LogP contribution >= 0.6 is 0 Å². The van der Waals surface area contributed by atoms with E-state index in [0.717, 1.165) is 0 Å². The first-order valence-electron chi connectivity index (χ1n) is 8.18. The summed E-state index contributed by atoms with van der Waals surface area (Å²) in [5, 5.41) is 2.63. The zero-order valence-electron chi connectivity index (χ0n) is 13.9. The van der Waals surface area contributed by atoms with Crippen molar-refractivity contribution in [2.45, 2.75) is 26.7 Å². The molecule has 0 atom stereocenters. The highest BCUT2D eigenvalue weighted by atomic mass is 14.7. The highest BCUT2D eigenvalue weighted by molar-refractivity contribution is 5.88. The molecule has 0 bridgehead atoms. The molecule has 2 aromatic heterocycles. The van der Waals surface area contributed by atoms with E-state index in [0.29, 0.717) is 5.92 Å². The molecule has 2 N–H and O–H groups in total. The number of fused-ring (bicyclic) bond motifs is 2. The van der Waals surface area contributed by atoms with E-state index in [9.17, 15) is 0 Å². The van der Waals surface area contributed by atoms with Crippen molar-refractivity contribution in [2.75, 3.05) is 0 Å². The summed E-state index contributed by atoms with van der Waals surface area (Å²) in [5.74, 6) is 0.329. The van der Waals surface area contributed by atoms with E-state index in [1.807, 2.05) is 0 Å². The van der Waals surface area contributed by atoms with Gasteiger partial charge in [0.2, 0.25) is 0 Å². The summed E-state index contributed by atoms with van der Waals surface area (Å²) >= 11 is 0. The normalized spacial score (nSPS) is 12.5. The van der Waals surface area contributed by atoms with Gasteiger partial charge in [-0.05, 0) is 28.7 Å². The topological polar surface area (TPSA) is 31.6 Å². The fraction of sp³-hybridized carbons (Fsp3) is 0.238. The molecule has 0 fully saturated rings. The summed E-state index contributed by atoms with van der Waals surface area (Å²) in [4.78, 5) is 6.88. The maximum absolute atomic E-state index is 3.44. The Bertz CT molecular complexity index is 892. The van der Waals surface area contributed by atoms with E-state index in [1.54, 1.807) is 0 Å². The Morgan fingerprint density at radius 3 is 1.57 bits per heavy atom. The van der Waals surface area contributed by atoms with Crippen LogP contribution in [0.2, 0.25) is 0 Å². The van der Waals surface area contributed by atoms with Crippen LogP contribution in [0, 0.1) is 5.41 Å². The summed E-state index contributed by atoms with van der Waals surface area (Å²) in [7, 11) is 0. The molecule has 2 nitrogen and oxygen atoms in total. The number of hydrogen-bond donors (Lipinski definition) is 2. The van der Waals surface area contributed by atoms with Crippen molar-refractivity contribution < 1.29 is 0 Å². The summed E-state index contributed by atoms with van der Waals surface area (Å²) in [6.07, 6.45) is 4.37. The molecule has 23 heavy (non-hydrogen) atoms. The van der Waals surface area contributed by atoms with Gasteiger partial charge in [-0.25, -0.2) is 0 Å². The van der Waals surface area contributed by atoms with Gasteiger partial charge in [0.05, 0.1) is 0 Å². The van der Waals surface area contributed by atoms with E-state index in [-0.39, 0.29) is 5.41 Å². The quantitative estimate of drug-likeness (QED) is 0.467. The van der Waals surface area contributed by atoms with E-state index < -0.39 is 0 Å². The molecule has 0 radical (unpaired) electrons. The third-order valence-electron chi connectivity index (χ3n) is 4.73. The van der Waals surface area contributed by atoms with Crippen LogP contribution in [0.4, 0.5) is 0 Å². The largest absolute Gasteiger partial charge is 0.361 e. The van der Waals surface area contributed by atoms with Gasteiger partial charge in [0.25, 0.3) is 0 Å². The van der Waals surface area contributed by atoms with Gasteiger partial charge in [-0.3, -0.25) is 0 Å². The van der Waals surface area contributed by atoms with Crippen molar-refractivity contribution in [1.29, 1.82) is 0 Å². The predicted octanol–water partition coefficient (Wildman–Crippen LogP) is 5.83. The van der Waals surface area contributed by atoms with Crippen LogP contribution in [-0.4, -0.2) is 9.97 Å². The molecular weight excluding hydrogens is 280 g/mol. The number of nitrogens with one attached hydrogen (secondary N) is 2. The minimum absolute atomic E-state index is 0.121. The smallest absolute Gasteiger partial charge is 0.0457 e. The van der Waals surface area contributed by atoms with Gasteiger partial charge in [0.1, 0.15) is 0 Å². The number of aromatic amines is 2. The van der Waals surface area contributed by atoms with E-state index in [4.69, 9.17) is 0 Å². The van der Waals surface area contributed by atoms with Crippen molar-refractivity contribution >= 4 is 21.8 Å². The Morgan fingerprint density at radius 1 is 0.696 bits per heavy atom. The molecule has 4 aromatic rings. The van der Waals surface area contributed by atoms with Crippen LogP contribution in [0.1, 0.15) is 37.8 Å². The van der Waals surface area contributed by atoms with Gasteiger partial charge in [-0.15, -0.1) is 0 Å². The monoisotopic (exact) mass is 302 g/mol. The Kier molecular flexibility index (Phi) is 3.08. The Morgan fingerprint density at radius 2 is 1.13 bits per heavy atom. The standard InChI is InChI=1S/C21H22N2/c1-21(2,3)20(16-12-22-18-10-6-4-8-14(16)18)17-13-23-19-11-7-5-9-15(17)19/h4-13,20,22-23H,1-3H3. The third-order valence-corrected chi connectivity index (χ3v) is 4.73. The Balaban J connectivity index is 1.99. The Hall–Kier alpha value is -2.48. The molecule has 116 valence electrons. The van der Waals surface area contributed by atoms with Crippen LogP contribution in [0.3, 0.4) is 0 Å².